The Kier molecular flexibility index (Phi) is 4.42. The molecule has 6 heteroatoms. The fraction of sp³-hybridized carbons (Fsp3) is 0.750. The van der Waals surface area contributed by atoms with E-state index in [2.05, 4.69) is 33.0 Å². The van der Waals surface area contributed by atoms with Gasteiger partial charge in [-0.15, -0.1) is 0 Å². The van der Waals surface area contributed by atoms with Gasteiger partial charge in [0.1, 0.15) is 0 Å². The van der Waals surface area contributed by atoms with Gasteiger partial charge in [-0.3, -0.25) is 4.68 Å². The van der Waals surface area contributed by atoms with Crippen LogP contribution in [0.4, 0.5) is 0 Å². The lowest BCUT2D eigenvalue weighted by atomic mass is 10.0. The molecular formula is C12H21BrN4O. The Morgan fingerprint density at radius 3 is 2.83 bits per heavy atom. The van der Waals surface area contributed by atoms with Gasteiger partial charge in [0.2, 0.25) is 0 Å². The highest BCUT2D eigenvalue weighted by molar-refractivity contribution is 9.10. The van der Waals surface area contributed by atoms with Crippen molar-refractivity contribution in [2.45, 2.75) is 25.5 Å². The van der Waals surface area contributed by atoms with Crippen LogP contribution in [0.15, 0.2) is 4.47 Å². The van der Waals surface area contributed by atoms with Crippen LogP contribution in [0.25, 0.3) is 0 Å². The Labute approximate surface area is 116 Å². The van der Waals surface area contributed by atoms with Crippen LogP contribution in [-0.2, 0) is 18.2 Å². The van der Waals surface area contributed by atoms with Crippen molar-refractivity contribution >= 4 is 15.9 Å². The van der Waals surface area contributed by atoms with Crippen LogP contribution in [0.2, 0.25) is 0 Å². The summed E-state index contributed by atoms with van der Waals surface area (Å²) in [6.07, 6.45) is 0.877. The molecular weight excluding hydrogens is 296 g/mol. The first-order valence-corrected chi connectivity index (χ1v) is 7.02. The first-order chi connectivity index (χ1) is 8.49. The van der Waals surface area contributed by atoms with E-state index in [0.717, 1.165) is 42.0 Å². The Bertz CT molecular complexity index is 420. The number of rotatable bonds is 3. The molecule has 2 rings (SSSR count). The third-order valence-electron chi connectivity index (χ3n) is 3.46. The van der Waals surface area contributed by atoms with Crippen molar-refractivity contribution in [3.05, 3.63) is 15.9 Å². The van der Waals surface area contributed by atoms with Crippen LogP contribution in [0.5, 0.6) is 0 Å². The predicted octanol–water partition coefficient (Wildman–Crippen LogP) is 0.691. The van der Waals surface area contributed by atoms with Gasteiger partial charge in [0.05, 0.1) is 28.6 Å². The van der Waals surface area contributed by atoms with Gasteiger partial charge >= 0.3 is 0 Å². The minimum Gasteiger partial charge on any atom is -0.374 e. The van der Waals surface area contributed by atoms with E-state index in [9.17, 15) is 0 Å². The normalized spacial score (nSPS) is 23.3. The molecule has 1 aromatic heterocycles. The molecule has 18 heavy (non-hydrogen) atoms. The summed E-state index contributed by atoms with van der Waals surface area (Å²) < 4.78 is 8.71. The lowest BCUT2D eigenvalue weighted by molar-refractivity contribution is -0.0321. The summed E-state index contributed by atoms with van der Waals surface area (Å²) >= 11 is 3.58. The monoisotopic (exact) mass is 316 g/mol. The largest absolute Gasteiger partial charge is 0.374 e. The first kappa shape index (κ1) is 14.0. The maximum atomic E-state index is 6.28. The fourth-order valence-electron chi connectivity index (χ4n) is 2.33. The molecule has 0 aromatic carbocycles. The second-order valence-electron chi connectivity index (χ2n) is 5.01. The molecule has 1 fully saturated rings. The lowest BCUT2D eigenvalue weighted by Gasteiger charge is -2.33. The quantitative estimate of drug-likeness (QED) is 0.891. The van der Waals surface area contributed by atoms with Crippen LogP contribution < -0.4 is 5.73 Å². The van der Waals surface area contributed by atoms with Crippen molar-refractivity contribution in [3.63, 3.8) is 0 Å². The summed E-state index contributed by atoms with van der Waals surface area (Å²) in [5.74, 6) is 0. The number of ether oxygens (including phenoxy) is 1. The van der Waals surface area contributed by atoms with Gasteiger partial charge in [0.25, 0.3) is 0 Å². The van der Waals surface area contributed by atoms with Crippen LogP contribution in [0, 0.1) is 6.92 Å². The number of hydrogen-bond acceptors (Lipinski definition) is 4. The minimum atomic E-state index is -0.00106. The highest BCUT2D eigenvalue weighted by Gasteiger charge is 2.26. The van der Waals surface area contributed by atoms with E-state index >= 15 is 0 Å². The SMILES string of the molecule is Cc1nn(C)c(CC(N)C2CN(C)CCO2)c1Br. The molecule has 5 nitrogen and oxygen atoms in total. The van der Waals surface area contributed by atoms with E-state index in [1.54, 1.807) is 0 Å². The van der Waals surface area contributed by atoms with Crippen LogP contribution in [0.3, 0.4) is 0 Å². The van der Waals surface area contributed by atoms with E-state index in [1.165, 1.54) is 0 Å². The molecule has 0 bridgehead atoms. The van der Waals surface area contributed by atoms with Gasteiger partial charge in [0.15, 0.2) is 0 Å². The van der Waals surface area contributed by atoms with E-state index in [0.29, 0.717) is 0 Å². The number of halogens is 1. The molecule has 1 aromatic rings. The van der Waals surface area contributed by atoms with Crippen LogP contribution >= 0.6 is 15.9 Å². The maximum absolute atomic E-state index is 6.28. The van der Waals surface area contributed by atoms with E-state index in [4.69, 9.17) is 10.5 Å². The van der Waals surface area contributed by atoms with Crippen molar-refractivity contribution in [1.29, 1.82) is 0 Å². The van der Waals surface area contributed by atoms with Crippen LogP contribution in [0.1, 0.15) is 11.4 Å². The van der Waals surface area contributed by atoms with Crippen LogP contribution in [-0.4, -0.2) is 53.6 Å². The summed E-state index contributed by atoms with van der Waals surface area (Å²) in [7, 11) is 4.06. The molecule has 2 unspecified atom stereocenters. The average molecular weight is 317 g/mol. The fourth-order valence-corrected chi connectivity index (χ4v) is 2.82. The molecule has 1 aliphatic heterocycles. The average Bonchev–Trinajstić information content (AvgIpc) is 2.56. The number of aromatic nitrogens is 2. The Morgan fingerprint density at radius 1 is 1.56 bits per heavy atom. The Balaban J connectivity index is 2.04. The van der Waals surface area contributed by atoms with E-state index < -0.39 is 0 Å². The summed E-state index contributed by atoms with van der Waals surface area (Å²) in [5, 5.41) is 4.39. The molecule has 0 aliphatic carbocycles. The molecule has 1 saturated heterocycles. The number of aryl methyl sites for hydroxylation is 2. The van der Waals surface area contributed by atoms with Crippen molar-refractivity contribution in [2.75, 3.05) is 26.7 Å². The van der Waals surface area contributed by atoms with Crippen molar-refractivity contribution < 1.29 is 4.74 Å². The molecule has 2 N–H and O–H groups in total. The Hall–Kier alpha value is -0.430. The topological polar surface area (TPSA) is 56.3 Å². The zero-order valence-electron chi connectivity index (χ0n) is 11.2. The summed E-state index contributed by atoms with van der Waals surface area (Å²) in [6.45, 7) is 4.64. The third kappa shape index (κ3) is 2.93. The molecule has 0 amide bonds. The van der Waals surface area contributed by atoms with Crippen molar-refractivity contribution in [2.24, 2.45) is 12.8 Å². The second kappa shape index (κ2) is 5.69. The lowest BCUT2D eigenvalue weighted by Crippen LogP contribution is -2.50. The number of hydrogen-bond donors (Lipinski definition) is 1. The standard InChI is InChI=1S/C12H21BrN4O/c1-8-12(13)10(17(3)15-8)6-9(14)11-7-16(2)4-5-18-11/h9,11H,4-7,14H2,1-3H3. The third-order valence-corrected chi connectivity index (χ3v) is 4.50. The van der Waals surface area contributed by atoms with Gasteiger partial charge in [-0.1, -0.05) is 0 Å². The highest BCUT2D eigenvalue weighted by atomic mass is 79.9. The number of likely N-dealkylation sites (N-methyl/N-ethyl adjacent to an activating group) is 1. The Morgan fingerprint density at radius 2 is 2.28 bits per heavy atom. The molecule has 0 radical (unpaired) electrons. The molecule has 1 aliphatic rings. The molecule has 0 saturated carbocycles. The first-order valence-electron chi connectivity index (χ1n) is 6.22. The summed E-state index contributed by atoms with van der Waals surface area (Å²) in [5.41, 5.74) is 8.41. The minimum absolute atomic E-state index is 0.00106. The maximum Gasteiger partial charge on any atom is 0.0856 e. The van der Waals surface area contributed by atoms with Crippen molar-refractivity contribution in [1.82, 2.24) is 14.7 Å². The highest BCUT2D eigenvalue weighted by Crippen LogP contribution is 2.22. The van der Waals surface area contributed by atoms with Gasteiger partial charge in [-0.05, 0) is 29.9 Å². The van der Waals surface area contributed by atoms with E-state index in [1.807, 2.05) is 18.7 Å². The van der Waals surface area contributed by atoms with Gasteiger partial charge in [-0.2, -0.15) is 5.10 Å². The molecule has 102 valence electrons. The zero-order chi connectivity index (χ0) is 13.3. The number of morpholine rings is 1. The summed E-state index contributed by atoms with van der Waals surface area (Å²) in [4.78, 5) is 2.26. The number of nitrogens with two attached hydrogens (primary N) is 1. The molecule has 2 atom stereocenters. The molecule has 2 heterocycles. The second-order valence-corrected chi connectivity index (χ2v) is 5.80. The smallest absolute Gasteiger partial charge is 0.0856 e. The van der Waals surface area contributed by atoms with Gasteiger partial charge in [0, 0.05) is 32.6 Å². The van der Waals surface area contributed by atoms with Gasteiger partial charge in [-0.25, -0.2) is 0 Å². The molecule has 0 spiro atoms. The predicted molar refractivity (Wildman–Crippen MR) is 74.6 cm³/mol. The van der Waals surface area contributed by atoms with Gasteiger partial charge < -0.3 is 15.4 Å². The van der Waals surface area contributed by atoms with Crippen molar-refractivity contribution in [3.8, 4) is 0 Å². The zero-order valence-corrected chi connectivity index (χ0v) is 12.8. The number of nitrogens with zero attached hydrogens (tertiary/aromatic N) is 3. The summed E-state index contributed by atoms with van der Waals surface area (Å²) in [6, 6.07) is -0.00106. The van der Waals surface area contributed by atoms with E-state index in [-0.39, 0.29) is 12.1 Å².